The maximum Gasteiger partial charge on any atom is 0.287 e. The van der Waals surface area contributed by atoms with Crippen LogP contribution in [0, 0.1) is 0 Å². The standard InChI is InChI=1S/C21H21N5O3/c27-15-24-10-12-25(13-11-24)21(29)18-17-8-4-5-9-26(17)19(23-18)20(28)22-14-16-6-2-1-3-7-16/h1-9,15H,10-14H2,(H,22,28). The van der Waals surface area contributed by atoms with Crippen LogP contribution in [-0.2, 0) is 11.3 Å². The Labute approximate surface area is 167 Å². The van der Waals surface area contributed by atoms with Gasteiger partial charge in [0.15, 0.2) is 5.69 Å². The molecule has 1 fully saturated rings. The molecule has 8 heteroatoms. The van der Waals surface area contributed by atoms with Gasteiger partial charge < -0.3 is 15.1 Å². The number of hydrogen-bond acceptors (Lipinski definition) is 4. The summed E-state index contributed by atoms with van der Waals surface area (Å²) in [6, 6.07) is 15.0. The van der Waals surface area contributed by atoms with E-state index >= 15 is 0 Å². The van der Waals surface area contributed by atoms with E-state index in [-0.39, 0.29) is 23.3 Å². The summed E-state index contributed by atoms with van der Waals surface area (Å²) in [4.78, 5) is 44.4. The lowest BCUT2D eigenvalue weighted by Gasteiger charge is -2.32. The van der Waals surface area contributed by atoms with E-state index in [1.54, 1.807) is 32.5 Å². The molecule has 2 aromatic heterocycles. The third-order valence-corrected chi connectivity index (χ3v) is 5.00. The Hall–Kier alpha value is -3.68. The van der Waals surface area contributed by atoms with Crippen LogP contribution in [0.1, 0.15) is 26.7 Å². The van der Waals surface area contributed by atoms with E-state index < -0.39 is 0 Å². The topological polar surface area (TPSA) is 87.0 Å². The Morgan fingerprint density at radius 2 is 1.72 bits per heavy atom. The Balaban J connectivity index is 1.57. The number of pyridine rings is 1. The lowest BCUT2D eigenvalue weighted by molar-refractivity contribution is -0.119. The number of aromatic nitrogens is 2. The molecule has 0 radical (unpaired) electrons. The zero-order chi connectivity index (χ0) is 20.2. The lowest BCUT2D eigenvalue weighted by atomic mass is 10.2. The molecule has 148 valence electrons. The molecule has 1 aromatic carbocycles. The number of carbonyl (C=O) groups excluding carboxylic acids is 3. The summed E-state index contributed by atoms with van der Waals surface area (Å²) in [5.41, 5.74) is 1.81. The van der Waals surface area contributed by atoms with Crippen LogP contribution in [0.25, 0.3) is 5.52 Å². The first-order valence-electron chi connectivity index (χ1n) is 9.45. The van der Waals surface area contributed by atoms with Gasteiger partial charge in [-0.05, 0) is 17.7 Å². The minimum Gasteiger partial charge on any atom is -0.345 e. The van der Waals surface area contributed by atoms with E-state index in [2.05, 4.69) is 10.3 Å². The molecule has 0 aliphatic carbocycles. The number of benzene rings is 1. The van der Waals surface area contributed by atoms with E-state index in [0.717, 1.165) is 12.0 Å². The van der Waals surface area contributed by atoms with E-state index in [4.69, 9.17) is 0 Å². The van der Waals surface area contributed by atoms with Crippen LogP contribution in [0.15, 0.2) is 54.7 Å². The lowest BCUT2D eigenvalue weighted by Crippen LogP contribution is -2.48. The molecule has 1 aliphatic heterocycles. The predicted molar refractivity (Wildman–Crippen MR) is 106 cm³/mol. The molecule has 29 heavy (non-hydrogen) atoms. The molecular weight excluding hydrogens is 370 g/mol. The third-order valence-electron chi connectivity index (χ3n) is 5.00. The van der Waals surface area contributed by atoms with Gasteiger partial charge in [-0.2, -0.15) is 0 Å². The van der Waals surface area contributed by atoms with Crippen molar-refractivity contribution in [2.45, 2.75) is 6.54 Å². The van der Waals surface area contributed by atoms with Gasteiger partial charge in [0.1, 0.15) is 0 Å². The largest absolute Gasteiger partial charge is 0.345 e. The molecule has 0 atom stereocenters. The van der Waals surface area contributed by atoms with Gasteiger partial charge in [0.05, 0.1) is 5.52 Å². The quantitative estimate of drug-likeness (QED) is 0.662. The van der Waals surface area contributed by atoms with Crippen molar-refractivity contribution in [3.05, 3.63) is 71.8 Å². The number of rotatable bonds is 5. The van der Waals surface area contributed by atoms with Crippen LogP contribution in [0.4, 0.5) is 0 Å². The van der Waals surface area contributed by atoms with E-state index in [9.17, 15) is 14.4 Å². The summed E-state index contributed by atoms with van der Waals surface area (Å²) in [7, 11) is 0. The molecule has 0 bridgehead atoms. The summed E-state index contributed by atoms with van der Waals surface area (Å²) >= 11 is 0. The number of fused-ring (bicyclic) bond motifs is 1. The van der Waals surface area contributed by atoms with Crippen molar-refractivity contribution in [2.24, 2.45) is 0 Å². The smallest absolute Gasteiger partial charge is 0.287 e. The number of amides is 3. The number of nitrogens with one attached hydrogen (secondary N) is 1. The molecular formula is C21H21N5O3. The van der Waals surface area contributed by atoms with Gasteiger partial charge in [-0.15, -0.1) is 0 Å². The molecule has 0 unspecified atom stereocenters. The van der Waals surface area contributed by atoms with Gasteiger partial charge in [0.2, 0.25) is 12.2 Å². The molecule has 0 saturated carbocycles. The molecule has 3 amide bonds. The number of carbonyl (C=O) groups is 3. The summed E-state index contributed by atoms with van der Waals surface area (Å²) < 4.78 is 1.63. The average molecular weight is 391 g/mol. The van der Waals surface area contributed by atoms with Crippen molar-refractivity contribution in [2.75, 3.05) is 26.2 Å². The van der Waals surface area contributed by atoms with Crippen molar-refractivity contribution in [3.8, 4) is 0 Å². The van der Waals surface area contributed by atoms with Gasteiger partial charge in [-0.25, -0.2) is 4.98 Å². The highest BCUT2D eigenvalue weighted by Crippen LogP contribution is 2.16. The van der Waals surface area contributed by atoms with Gasteiger partial charge in [-0.1, -0.05) is 36.4 Å². The van der Waals surface area contributed by atoms with Crippen molar-refractivity contribution in [1.29, 1.82) is 0 Å². The highest BCUT2D eigenvalue weighted by molar-refractivity contribution is 6.02. The Kier molecular flexibility index (Phi) is 5.24. The van der Waals surface area contributed by atoms with Gasteiger partial charge >= 0.3 is 0 Å². The first-order chi connectivity index (χ1) is 14.2. The fourth-order valence-corrected chi connectivity index (χ4v) is 3.39. The van der Waals surface area contributed by atoms with Gasteiger partial charge in [0.25, 0.3) is 11.8 Å². The first-order valence-corrected chi connectivity index (χ1v) is 9.45. The van der Waals surface area contributed by atoms with Crippen molar-refractivity contribution in [3.63, 3.8) is 0 Å². The minimum atomic E-state index is -0.347. The van der Waals surface area contributed by atoms with Crippen LogP contribution >= 0.6 is 0 Å². The van der Waals surface area contributed by atoms with E-state index in [0.29, 0.717) is 38.2 Å². The summed E-state index contributed by atoms with van der Waals surface area (Å²) in [6.45, 7) is 2.24. The third kappa shape index (κ3) is 3.82. The monoisotopic (exact) mass is 391 g/mol. The molecule has 3 heterocycles. The first kappa shape index (κ1) is 18.7. The molecule has 0 spiro atoms. The summed E-state index contributed by atoms with van der Waals surface area (Å²) in [5.74, 6) is -0.410. The maximum absolute atomic E-state index is 13.0. The zero-order valence-electron chi connectivity index (χ0n) is 15.8. The second kappa shape index (κ2) is 8.14. The fourth-order valence-electron chi connectivity index (χ4n) is 3.39. The fraction of sp³-hybridized carbons (Fsp3) is 0.238. The highest BCUT2D eigenvalue weighted by Gasteiger charge is 2.27. The van der Waals surface area contributed by atoms with E-state index in [1.165, 1.54) is 0 Å². The maximum atomic E-state index is 13.0. The van der Waals surface area contributed by atoms with Crippen LogP contribution < -0.4 is 5.32 Å². The van der Waals surface area contributed by atoms with E-state index in [1.807, 2.05) is 36.4 Å². The molecule has 1 N–H and O–H groups in total. The van der Waals surface area contributed by atoms with Gasteiger partial charge in [0, 0.05) is 38.9 Å². The number of imidazole rings is 1. The van der Waals surface area contributed by atoms with Crippen LogP contribution in [-0.4, -0.2) is 63.6 Å². The Morgan fingerprint density at radius 3 is 2.45 bits per heavy atom. The second-order valence-electron chi connectivity index (χ2n) is 6.84. The Morgan fingerprint density at radius 1 is 1.00 bits per heavy atom. The van der Waals surface area contributed by atoms with Crippen LogP contribution in [0.2, 0.25) is 0 Å². The van der Waals surface area contributed by atoms with Gasteiger partial charge in [-0.3, -0.25) is 18.8 Å². The number of hydrogen-bond donors (Lipinski definition) is 1. The second-order valence-corrected chi connectivity index (χ2v) is 6.84. The van der Waals surface area contributed by atoms with Crippen molar-refractivity contribution in [1.82, 2.24) is 24.5 Å². The molecule has 4 rings (SSSR count). The average Bonchev–Trinajstić information content (AvgIpc) is 3.17. The molecule has 3 aromatic rings. The minimum absolute atomic E-state index is 0.173. The summed E-state index contributed by atoms with van der Waals surface area (Å²) in [6.07, 6.45) is 2.52. The zero-order valence-corrected chi connectivity index (χ0v) is 15.8. The molecule has 1 saturated heterocycles. The number of nitrogens with zero attached hydrogens (tertiary/aromatic N) is 4. The van der Waals surface area contributed by atoms with Crippen LogP contribution in [0.3, 0.4) is 0 Å². The molecule has 1 aliphatic rings. The normalized spacial score (nSPS) is 14.1. The SMILES string of the molecule is O=CN1CCN(C(=O)c2nc(C(=O)NCc3ccccc3)n3ccccc23)CC1. The Bertz CT molecular complexity index is 1040. The van der Waals surface area contributed by atoms with Crippen LogP contribution in [0.5, 0.6) is 0 Å². The summed E-state index contributed by atoms with van der Waals surface area (Å²) in [5, 5.41) is 2.86. The number of piperazine rings is 1. The molecule has 8 nitrogen and oxygen atoms in total. The van der Waals surface area contributed by atoms with Crippen molar-refractivity contribution < 1.29 is 14.4 Å². The predicted octanol–water partition coefficient (Wildman–Crippen LogP) is 1.18. The highest BCUT2D eigenvalue weighted by atomic mass is 16.2. The van der Waals surface area contributed by atoms with Crippen molar-refractivity contribution >= 4 is 23.7 Å².